The first-order valence-corrected chi connectivity index (χ1v) is 9.56. The molecule has 0 unspecified atom stereocenters. The zero-order chi connectivity index (χ0) is 20.7. The van der Waals surface area contributed by atoms with Gasteiger partial charge in [-0.1, -0.05) is 48.6 Å². The van der Waals surface area contributed by atoms with Crippen LogP contribution in [-0.4, -0.2) is 33.8 Å². The van der Waals surface area contributed by atoms with Crippen molar-refractivity contribution < 1.29 is 21.1 Å². The maximum atomic E-state index is 7.62. The van der Waals surface area contributed by atoms with Gasteiger partial charge >= 0.3 is 0 Å². The summed E-state index contributed by atoms with van der Waals surface area (Å²) in [7, 11) is 0. The Morgan fingerprint density at radius 1 is 1.13 bits per heavy atom. The Morgan fingerprint density at radius 3 is 2.68 bits per heavy atom. The van der Waals surface area contributed by atoms with Crippen LogP contribution in [0.4, 0.5) is 5.82 Å². The molecular formula is C25H30N5Pt-. The van der Waals surface area contributed by atoms with Crippen LogP contribution < -0.4 is 0 Å². The van der Waals surface area contributed by atoms with Crippen LogP contribution in [0.3, 0.4) is 0 Å². The summed E-state index contributed by atoms with van der Waals surface area (Å²) in [6.07, 6.45) is 26.0. The number of nitrogens with zero attached hydrogens (tertiary/aromatic N) is 4. The van der Waals surface area contributed by atoms with E-state index in [1.54, 1.807) is 12.3 Å². The minimum atomic E-state index is 0. The molecule has 31 heavy (non-hydrogen) atoms. The fraction of sp³-hybridized carbons (Fsp3) is 0.160. The standard InChI is InChI=1S/C12H13N3.C12H14N2.CH3.Pt/c13-11-7-3-1-2-5-9-15-10-6-4-8-12(15)14-11;1-3-4-5-8-11(2)14-12-9-6-7-10-13-12;;/h1-4,6-8,10,13H,5,9H2;3-10H,1-2H3;1H3;/q;;-1;/b2-1-,7-3-,13-11?,14-12?;4-3-,8-5-,14-11+;;. The molecule has 0 aliphatic carbocycles. The summed E-state index contributed by atoms with van der Waals surface area (Å²) in [5.41, 5.74) is 0.946. The summed E-state index contributed by atoms with van der Waals surface area (Å²) in [5, 5.41) is 7.62. The van der Waals surface area contributed by atoms with Crippen molar-refractivity contribution in [1.29, 1.82) is 5.41 Å². The van der Waals surface area contributed by atoms with E-state index < -0.39 is 0 Å². The minimum Gasteiger partial charge on any atom is -0.358 e. The van der Waals surface area contributed by atoms with Gasteiger partial charge in [0, 0.05) is 45.7 Å². The van der Waals surface area contributed by atoms with Gasteiger partial charge in [-0.05, 0) is 56.7 Å². The molecule has 3 rings (SSSR count). The molecule has 1 aromatic heterocycles. The van der Waals surface area contributed by atoms with Crippen molar-refractivity contribution >= 4 is 23.2 Å². The molecule has 0 bridgehead atoms. The molecule has 0 aromatic carbocycles. The molecule has 0 radical (unpaired) electrons. The second-order valence-corrected chi connectivity index (χ2v) is 6.15. The van der Waals surface area contributed by atoms with Crippen LogP contribution in [0.1, 0.15) is 20.3 Å². The second-order valence-electron chi connectivity index (χ2n) is 6.15. The van der Waals surface area contributed by atoms with Gasteiger partial charge in [-0.3, -0.25) is 5.41 Å². The van der Waals surface area contributed by atoms with Crippen molar-refractivity contribution in [3.05, 3.63) is 105 Å². The van der Waals surface area contributed by atoms with E-state index in [1.165, 1.54) is 0 Å². The maximum absolute atomic E-state index is 7.62. The molecule has 2 aliphatic heterocycles. The quantitative estimate of drug-likeness (QED) is 0.264. The number of fused-ring (bicyclic) bond motifs is 1. The first kappa shape index (κ1) is 28.1. The van der Waals surface area contributed by atoms with Crippen molar-refractivity contribution in [2.24, 2.45) is 9.98 Å². The summed E-state index contributed by atoms with van der Waals surface area (Å²) in [5.74, 6) is 1.86. The van der Waals surface area contributed by atoms with Crippen LogP contribution in [0.2, 0.25) is 0 Å². The Balaban J connectivity index is 0.000000547. The number of amidine groups is 2. The van der Waals surface area contributed by atoms with E-state index in [4.69, 9.17) is 5.41 Å². The number of aromatic nitrogens is 1. The van der Waals surface area contributed by atoms with Gasteiger partial charge in [0.25, 0.3) is 0 Å². The van der Waals surface area contributed by atoms with E-state index >= 15 is 0 Å². The molecule has 1 aromatic rings. The monoisotopic (exact) mass is 595 g/mol. The molecule has 0 fully saturated rings. The zero-order valence-corrected chi connectivity index (χ0v) is 20.5. The van der Waals surface area contributed by atoms with Gasteiger partial charge in [0.2, 0.25) is 0 Å². The zero-order valence-electron chi connectivity index (χ0n) is 18.3. The molecule has 0 amide bonds. The van der Waals surface area contributed by atoms with Crippen LogP contribution in [0.25, 0.3) is 0 Å². The van der Waals surface area contributed by atoms with Crippen molar-refractivity contribution in [2.75, 3.05) is 6.54 Å². The smallest absolute Gasteiger partial charge is 0.152 e. The Labute approximate surface area is 200 Å². The molecule has 0 saturated heterocycles. The number of aliphatic imine (C=N–C) groups is 2. The minimum absolute atomic E-state index is 0. The molecular weight excluding hydrogens is 565 g/mol. The molecule has 0 saturated carbocycles. The Kier molecular flexibility index (Phi) is 15.3. The van der Waals surface area contributed by atoms with Crippen LogP contribution in [0.5, 0.6) is 0 Å². The summed E-state index contributed by atoms with van der Waals surface area (Å²) < 4.78 is 0. The summed E-state index contributed by atoms with van der Waals surface area (Å²) in [6.45, 7) is 4.83. The van der Waals surface area contributed by atoms with Gasteiger partial charge in [-0.15, -0.1) is 0 Å². The van der Waals surface area contributed by atoms with Gasteiger partial charge in [-0.25, -0.2) is 15.0 Å². The maximum Gasteiger partial charge on any atom is 0.152 e. The van der Waals surface area contributed by atoms with E-state index in [2.05, 4.69) is 25.9 Å². The fourth-order valence-corrected chi connectivity index (χ4v) is 2.40. The fourth-order valence-electron chi connectivity index (χ4n) is 2.40. The molecule has 0 atom stereocenters. The van der Waals surface area contributed by atoms with E-state index in [-0.39, 0.29) is 34.3 Å². The number of hydrogen-bond acceptors (Lipinski definition) is 4. The first-order chi connectivity index (χ1) is 14.2. The van der Waals surface area contributed by atoms with Gasteiger partial charge in [-0.2, -0.15) is 0 Å². The first-order valence-electron chi connectivity index (χ1n) is 9.56. The van der Waals surface area contributed by atoms with Crippen molar-refractivity contribution in [1.82, 2.24) is 9.88 Å². The van der Waals surface area contributed by atoms with Gasteiger partial charge < -0.3 is 12.3 Å². The average molecular weight is 596 g/mol. The normalized spacial score (nSPS) is 17.6. The van der Waals surface area contributed by atoms with Crippen molar-refractivity contribution in [2.45, 2.75) is 20.3 Å². The number of rotatable bonds is 3. The Hall–Kier alpha value is -2.91. The van der Waals surface area contributed by atoms with E-state index in [9.17, 15) is 0 Å². The van der Waals surface area contributed by atoms with Crippen molar-refractivity contribution in [3.63, 3.8) is 0 Å². The molecule has 6 heteroatoms. The predicted molar refractivity (Wildman–Crippen MR) is 130 cm³/mol. The predicted octanol–water partition coefficient (Wildman–Crippen LogP) is 6.02. The molecule has 3 heterocycles. The van der Waals surface area contributed by atoms with E-state index in [1.807, 2.05) is 92.9 Å². The molecule has 2 aliphatic rings. The van der Waals surface area contributed by atoms with E-state index in [0.717, 1.165) is 30.3 Å². The number of hydrogen-bond donors (Lipinski definition) is 1. The second kappa shape index (κ2) is 16.8. The summed E-state index contributed by atoms with van der Waals surface area (Å²) in [4.78, 5) is 14.7. The molecule has 0 spiro atoms. The number of pyridine rings is 1. The Morgan fingerprint density at radius 2 is 1.94 bits per heavy atom. The third-order valence-electron chi connectivity index (χ3n) is 3.77. The topological polar surface area (TPSA) is 64.7 Å². The van der Waals surface area contributed by atoms with Gasteiger partial charge in [0.15, 0.2) is 5.82 Å². The summed E-state index contributed by atoms with van der Waals surface area (Å²) in [6, 6.07) is 5.69. The van der Waals surface area contributed by atoms with Crippen LogP contribution in [-0.2, 0) is 21.1 Å². The van der Waals surface area contributed by atoms with Gasteiger partial charge in [0.05, 0.1) is 0 Å². The number of nitrogens with one attached hydrogen (secondary N) is 1. The molecule has 5 nitrogen and oxygen atoms in total. The molecule has 166 valence electrons. The van der Waals surface area contributed by atoms with Gasteiger partial charge in [0.1, 0.15) is 11.7 Å². The SMILES string of the molecule is C\C=C/C=C\C(C)=N\c1ccccn1.N=C1/C=C\C=C/CCN2C=CC=CC2=N1.[CH3-].[Pt]. The molecule has 1 N–H and O–H groups in total. The third-order valence-corrected chi connectivity index (χ3v) is 3.77. The number of allylic oxidation sites excluding steroid dienone is 8. The van der Waals surface area contributed by atoms with Crippen LogP contribution >= 0.6 is 0 Å². The largest absolute Gasteiger partial charge is 0.358 e. The van der Waals surface area contributed by atoms with Crippen LogP contribution in [0, 0.1) is 12.8 Å². The Bertz CT molecular complexity index is 903. The van der Waals surface area contributed by atoms with E-state index in [0.29, 0.717) is 0 Å². The summed E-state index contributed by atoms with van der Waals surface area (Å²) >= 11 is 0. The average Bonchev–Trinajstić information content (AvgIpc) is 2.73. The van der Waals surface area contributed by atoms with Crippen molar-refractivity contribution in [3.8, 4) is 0 Å². The van der Waals surface area contributed by atoms with Crippen LogP contribution in [0.15, 0.2) is 107 Å². The third kappa shape index (κ3) is 11.8.